The predicted molar refractivity (Wildman–Crippen MR) is 154 cm³/mol. The minimum absolute atomic E-state index is 0.0318. The lowest BCUT2D eigenvalue weighted by molar-refractivity contribution is 0.186. The van der Waals surface area contributed by atoms with E-state index < -0.39 is 6.09 Å². The van der Waals surface area contributed by atoms with Crippen molar-refractivity contribution in [1.29, 1.82) is 5.26 Å². The van der Waals surface area contributed by atoms with Crippen LogP contribution in [0.4, 0.5) is 16.6 Å². The number of anilines is 2. The minimum atomic E-state index is -0.674. The van der Waals surface area contributed by atoms with Crippen molar-refractivity contribution in [2.75, 3.05) is 51.1 Å². The molecule has 1 aliphatic heterocycles. The summed E-state index contributed by atoms with van der Waals surface area (Å²) in [6.45, 7) is 6.54. The van der Waals surface area contributed by atoms with Gasteiger partial charge in [-0.1, -0.05) is 13.3 Å². The van der Waals surface area contributed by atoms with Crippen molar-refractivity contribution >= 4 is 28.9 Å². The van der Waals surface area contributed by atoms with Gasteiger partial charge in [0.1, 0.15) is 16.8 Å². The molecule has 4 heterocycles. The lowest BCUT2D eigenvalue weighted by Gasteiger charge is -2.30. The topological polar surface area (TPSA) is 163 Å². The van der Waals surface area contributed by atoms with Gasteiger partial charge >= 0.3 is 6.09 Å². The fourth-order valence-electron chi connectivity index (χ4n) is 5.29. The summed E-state index contributed by atoms with van der Waals surface area (Å²) in [4.78, 5) is 28.0. The minimum Gasteiger partial charge on any atom is -0.496 e. The van der Waals surface area contributed by atoms with Gasteiger partial charge in [0.05, 0.1) is 39.1 Å². The highest BCUT2D eigenvalue weighted by atomic mass is 16.5. The number of pyridine rings is 1. The van der Waals surface area contributed by atoms with Crippen molar-refractivity contribution in [1.82, 2.24) is 29.6 Å². The molecule has 0 saturated carbocycles. The van der Waals surface area contributed by atoms with Crippen molar-refractivity contribution in [3.05, 3.63) is 29.2 Å². The maximum Gasteiger partial charge on any atom is 0.413 e. The SMILES string of the molecule is CCC[C@@H](CCO)Nc1nc(NC(=O)OC)nc2c(C)nn(Cc3cnc(C4CCN(CC#N)CC4)cc3OC)c12. The molecule has 3 N–H and O–H groups in total. The first-order valence-corrected chi connectivity index (χ1v) is 14.0. The van der Waals surface area contributed by atoms with E-state index in [1.165, 1.54) is 7.11 Å². The quantitative estimate of drug-likeness (QED) is 0.276. The average Bonchev–Trinajstić information content (AvgIpc) is 3.28. The number of rotatable bonds is 12. The number of aliphatic hydroxyl groups is 1. The lowest BCUT2D eigenvalue weighted by atomic mass is 9.92. The van der Waals surface area contributed by atoms with E-state index in [1.54, 1.807) is 7.11 Å². The highest BCUT2D eigenvalue weighted by Crippen LogP contribution is 2.32. The van der Waals surface area contributed by atoms with Gasteiger partial charge in [0.2, 0.25) is 5.95 Å². The van der Waals surface area contributed by atoms with Crippen LogP contribution in [0.5, 0.6) is 5.75 Å². The number of fused-ring (bicyclic) bond motifs is 1. The summed E-state index contributed by atoms with van der Waals surface area (Å²) >= 11 is 0. The normalized spacial score (nSPS) is 14.9. The number of aryl methyl sites for hydroxylation is 1. The van der Waals surface area contributed by atoms with Crippen molar-refractivity contribution in [3.63, 3.8) is 0 Å². The molecular weight excluding hydrogens is 526 g/mol. The first-order valence-electron chi connectivity index (χ1n) is 14.0. The highest BCUT2D eigenvalue weighted by Gasteiger charge is 2.24. The van der Waals surface area contributed by atoms with E-state index in [-0.39, 0.29) is 18.6 Å². The molecule has 3 aromatic heterocycles. The molecule has 1 saturated heterocycles. The van der Waals surface area contributed by atoms with Gasteiger partial charge in [-0.2, -0.15) is 15.3 Å². The number of amides is 1. The third-order valence-corrected chi connectivity index (χ3v) is 7.42. The molecule has 41 heavy (non-hydrogen) atoms. The van der Waals surface area contributed by atoms with Crippen molar-refractivity contribution in [3.8, 4) is 11.8 Å². The molecule has 0 bridgehead atoms. The van der Waals surface area contributed by atoms with Crippen molar-refractivity contribution in [2.45, 2.75) is 64.5 Å². The molecule has 13 heteroatoms. The third kappa shape index (κ3) is 7.20. The number of aromatic nitrogens is 5. The molecule has 0 aromatic carbocycles. The molecule has 4 rings (SSSR count). The van der Waals surface area contributed by atoms with Crippen LogP contribution < -0.4 is 15.4 Å². The Morgan fingerprint density at radius 3 is 2.71 bits per heavy atom. The smallest absolute Gasteiger partial charge is 0.413 e. The van der Waals surface area contributed by atoms with E-state index in [0.717, 1.165) is 55.8 Å². The first kappa shape index (κ1) is 30.0. The molecule has 1 atom stereocenters. The fourth-order valence-corrected chi connectivity index (χ4v) is 5.29. The second-order valence-electron chi connectivity index (χ2n) is 10.2. The Morgan fingerprint density at radius 2 is 2.05 bits per heavy atom. The number of hydrogen-bond acceptors (Lipinski definition) is 11. The maximum atomic E-state index is 11.9. The molecule has 0 aliphatic carbocycles. The summed E-state index contributed by atoms with van der Waals surface area (Å²) in [6, 6.07) is 4.20. The summed E-state index contributed by atoms with van der Waals surface area (Å²) in [5.74, 6) is 1.63. The second-order valence-corrected chi connectivity index (χ2v) is 10.2. The second kappa shape index (κ2) is 14.0. The van der Waals surface area contributed by atoms with Crippen molar-refractivity contribution in [2.24, 2.45) is 0 Å². The molecule has 0 unspecified atom stereocenters. The zero-order valence-electron chi connectivity index (χ0n) is 24.2. The van der Waals surface area contributed by atoms with Crippen LogP contribution in [0.25, 0.3) is 11.0 Å². The molecule has 13 nitrogen and oxygen atoms in total. The van der Waals surface area contributed by atoms with Crippen LogP contribution in [-0.2, 0) is 11.3 Å². The molecule has 1 amide bonds. The maximum absolute atomic E-state index is 11.9. The van der Waals surface area contributed by atoms with Crippen LogP contribution in [0.15, 0.2) is 12.3 Å². The van der Waals surface area contributed by atoms with Gasteiger partial charge < -0.3 is 19.9 Å². The predicted octanol–water partition coefficient (Wildman–Crippen LogP) is 3.43. The largest absolute Gasteiger partial charge is 0.496 e. The van der Waals surface area contributed by atoms with Crippen LogP contribution in [0.2, 0.25) is 0 Å². The number of methoxy groups -OCH3 is 2. The third-order valence-electron chi connectivity index (χ3n) is 7.42. The Bertz CT molecular complexity index is 1370. The van der Waals surface area contributed by atoms with E-state index in [0.29, 0.717) is 48.0 Å². The molecular formula is C28H39N9O4. The molecule has 0 spiro atoms. The van der Waals surface area contributed by atoms with Crippen LogP contribution in [0.3, 0.4) is 0 Å². The van der Waals surface area contributed by atoms with Gasteiger partial charge in [0.15, 0.2) is 5.82 Å². The molecule has 1 fully saturated rings. The summed E-state index contributed by atoms with van der Waals surface area (Å²) in [5, 5.41) is 29.4. The number of carbonyl (C=O) groups is 1. The van der Waals surface area contributed by atoms with Crippen LogP contribution in [0, 0.1) is 18.3 Å². The number of nitrogens with zero attached hydrogens (tertiary/aromatic N) is 7. The Morgan fingerprint density at radius 1 is 1.27 bits per heavy atom. The number of hydrogen-bond donors (Lipinski definition) is 3. The highest BCUT2D eigenvalue weighted by molar-refractivity contribution is 5.91. The van der Waals surface area contributed by atoms with E-state index in [2.05, 4.69) is 38.5 Å². The zero-order valence-corrected chi connectivity index (χ0v) is 24.2. The van der Waals surface area contributed by atoms with Crippen LogP contribution >= 0.6 is 0 Å². The first-order chi connectivity index (χ1) is 19.9. The average molecular weight is 566 g/mol. The Balaban J connectivity index is 1.68. The summed E-state index contributed by atoms with van der Waals surface area (Å²) in [7, 11) is 2.93. The van der Waals surface area contributed by atoms with Gasteiger partial charge in [-0.15, -0.1) is 0 Å². The van der Waals surface area contributed by atoms with E-state index in [9.17, 15) is 9.90 Å². The number of likely N-dealkylation sites (tertiary alicyclic amines) is 1. The standard InChI is InChI=1S/C28H39N9O4/c1-5-6-21(9-14-38)31-26-25-24(32-27(33-26)34-28(39)41-4)18(2)35-37(25)17-20-16-30-22(15-23(20)40-3)19-7-11-36(12-8-19)13-10-29/h15-16,19,21,38H,5-9,11-14,17H2,1-4H3,(H2,31,32,33,34,39)/t21-/m0/s1. The van der Waals surface area contributed by atoms with E-state index in [4.69, 9.17) is 24.8 Å². The van der Waals surface area contributed by atoms with Gasteiger partial charge in [-0.3, -0.25) is 19.9 Å². The lowest BCUT2D eigenvalue weighted by Crippen LogP contribution is -2.33. The Labute approximate surface area is 239 Å². The molecule has 1 aliphatic rings. The number of aliphatic hydroxyl groups excluding tert-OH is 1. The van der Waals surface area contributed by atoms with Crippen molar-refractivity contribution < 1.29 is 19.4 Å². The number of nitriles is 1. The zero-order chi connectivity index (χ0) is 29.4. The van der Waals surface area contributed by atoms with Gasteiger partial charge in [-0.25, -0.2) is 9.78 Å². The molecule has 0 radical (unpaired) electrons. The Kier molecular flexibility index (Phi) is 10.3. The number of piperidine rings is 1. The monoisotopic (exact) mass is 565 g/mol. The van der Waals surface area contributed by atoms with Gasteiger partial charge in [0.25, 0.3) is 0 Å². The molecule has 3 aromatic rings. The fraction of sp³-hybridized carbons (Fsp3) is 0.571. The summed E-state index contributed by atoms with van der Waals surface area (Å²) in [5.41, 5.74) is 3.76. The van der Waals surface area contributed by atoms with Gasteiger partial charge in [-0.05, 0) is 45.7 Å². The Hall–Kier alpha value is -4.02. The van der Waals surface area contributed by atoms with Crippen LogP contribution in [0.1, 0.15) is 61.9 Å². The number of nitrogens with one attached hydrogen (secondary N) is 2. The van der Waals surface area contributed by atoms with Gasteiger partial charge in [0, 0.05) is 42.1 Å². The number of carbonyl (C=O) groups excluding carboxylic acids is 1. The number of ether oxygens (including phenoxy) is 2. The summed E-state index contributed by atoms with van der Waals surface area (Å²) in [6.07, 6.45) is 5.35. The van der Waals surface area contributed by atoms with E-state index in [1.807, 2.05) is 23.9 Å². The van der Waals surface area contributed by atoms with E-state index >= 15 is 0 Å². The molecule has 220 valence electrons. The summed E-state index contributed by atoms with van der Waals surface area (Å²) < 4.78 is 12.3. The van der Waals surface area contributed by atoms with Crippen LogP contribution in [-0.4, -0.2) is 87.3 Å².